The lowest BCUT2D eigenvalue weighted by atomic mass is 10.1. The molecule has 0 saturated carbocycles. The van der Waals surface area contributed by atoms with Gasteiger partial charge in [0, 0.05) is 18.7 Å². The van der Waals surface area contributed by atoms with Crippen molar-refractivity contribution in [2.75, 3.05) is 13.2 Å². The normalized spacial score (nSPS) is 10.5. The predicted octanol–water partition coefficient (Wildman–Crippen LogP) is 3.86. The smallest absolute Gasteiger partial charge is 0.251 e. The highest BCUT2D eigenvalue weighted by Gasteiger charge is 2.09. The van der Waals surface area contributed by atoms with Crippen molar-refractivity contribution in [3.63, 3.8) is 0 Å². The topological polar surface area (TPSA) is 47.6 Å². The summed E-state index contributed by atoms with van der Waals surface area (Å²) in [6, 6.07) is 13.5. The summed E-state index contributed by atoms with van der Waals surface area (Å²) < 4.78 is 11.0. The first kappa shape index (κ1) is 18.0. The molecular formula is C20H25NO3. The molecule has 0 fully saturated rings. The molecule has 1 N–H and O–H groups in total. The predicted molar refractivity (Wildman–Crippen MR) is 95.3 cm³/mol. The van der Waals surface area contributed by atoms with Gasteiger partial charge in [0.2, 0.25) is 0 Å². The number of amides is 1. The molecule has 0 unspecified atom stereocenters. The standard InChI is InChI=1S/C20H25NO3/c1-4-23-14-18-9-7-6-8-17(18)13-21-20(22)16-10-11-19(24-5-2)15(3)12-16/h6-12H,4-5,13-14H2,1-3H3,(H,21,22). The van der Waals surface area contributed by atoms with Crippen LogP contribution in [0.4, 0.5) is 0 Å². The molecule has 24 heavy (non-hydrogen) atoms. The third-order valence-corrected chi connectivity index (χ3v) is 3.76. The zero-order chi connectivity index (χ0) is 17.4. The second-order valence-corrected chi connectivity index (χ2v) is 5.50. The van der Waals surface area contributed by atoms with E-state index in [1.165, 1.54) is 0 Å². The van der Waals surface area contributed by atoms with Crippen molar-refractivity contribution >= 4 is 5.91 Å². The Morgan fingerprint density at radius 2 is 1.79 bits per heavy atom. The van der Waals surface area contributed by atoms with E-state index >= 15 is 0 Å². The largest absolute Gasteiger partial charge is 0.494 e. The van der Waals surface area contributed by atoms with Gasteiger partial charge in [0.1, 0.15) is 5.75 Å². The van der Waals surface area contributed by atoms with Crippen LogP contribution in [0.5, 0.6) is 5.75 Å². The molecule has 0 aliphatic carbocycles. The lowest BCUT2D eigenvalue weighted by Crippen LogP contribution is -2.23. The van der Waals surface area contributed by atoms with Crippen molar-refractivity contribution < 1.29 is 14.3 Å². The van der Waals surface area contributed by atoms with Crippen molar-refractivity contribution in [1.29, 1.82) is 0 Å². The van der Waals surface area contributed by atoms with E-state index in [0.717, 1.165) is 22.4 Å². The summed E-state index contributed by atoms with van der Waals surface area (Å²) in [5.74, 6) is 0.725. The van der Waals surface area contributed by atoms with E-state index in [0.29, 0.717) is 31.9 Å². The molecule has 0 aliphatic heterocycles. The Labute approximate surface area is 143 Å². The van der Waals surface area contributed by atoms with Crippen LogP contribution in [0.25, 0.3) is 0 Å². The van der Waals surface area contributed by atoms with Crippen LogP contribution in [0.3, 0.4) is 0 Å². The highest BCUT2D eigenvalue weighted by molar-refractivity contribution is 5.94. The Morgan fingerprint density at radius 1 is 1.04 bits per heavy atom. The number of carbonyl (C=O) groups excluding carboxylic acids is 1. The second kappa shape index (κ2) is 9.08. The number of nitrogens with one attached hydrogen (secondary N) is 1. The minimum Gasteiger partial charge on any atom is -0.494 e. The van der Waals surface area contributed by atoms with Crippen LogP contribution >= 0.6 is 0 Å². The average molecular weight is 327 g/mol. The Hall–Kier alpha value is -2.33. The fraction of sp³-hybridized carbons (Fsp3) is 0.350. The fourth-order valence-corrected chi connectivity index (χ4v) is 2.47. The maximum atomic E-state index is 12.4. The molecular weight excluding hydrogens is 302 g/mol. The number of hydrogen-bond donors (Lipinski definition) is 1. The quantitative estimate of drug-likeness (QED) is 0.801. The van der Waals surface area contributed by atoms with Crippen LogP contribution in [-0.2, 0) is 17.9 Å². The third kappa shape index (κ3) is 4.83. The van der Waals surface area contributed by atoms with Gasteiger partial charge < -0.3 is 14.8 Å². The fourth-order valence-electron chi connectivity index (χ4n) is 2.47. The molecule has 4 heteroatoms. The SMILES string of the molecule is CCOCc1ccccc1CNC(=O)c1ccc(OCC)c(C)c1. The maximum Gasteiger partial charge on any atom is 0.251 e. The summed E-state index contributed by atoms with van der Waals surface area (Å²) in [5, 5.41) is 2.98. The van der Waals surface area contributed by atoms with Crippen LogP contribution in [0, 0.1) is 6.92 Å². The highest BCUT2D eigenvalue weighted by atomic mass is 16.5. The minimum absolute atomic E-state index is 0.0904. The van der Waals surface area contributed by atoms with E-state index in [1.807, 2.05) is 57.2 Å². The Bertz CT molecular complexity index is 682. The molecule has 128 valence electrons. The molecule has 1 amide bonds. The van der Waals surface area contributed by atoms with Gasteiger partial charge in [-0.2, -0.15) is 0 Å². The number of rotatable bonds is 8. The molecule has 4 nitrogen and oxygen atoms in total. The van der Waals surface area contributed by atoms with Crippen LogP contribution in [0.1, 0.15) is 40.9 Å². The summed E-state index contributed by atoms with van der Waals surface area (Å²) in [4.78, 5) is 12.4. The van der Waals surface area contributed by atoms with E-state index in [-0.39, 0.29) is 5.91 Å². The van der Waals surface area contributed by atoms with Crippen molar-refractivity contribution in [2.45, 2.75) is 33.9 Å². The summed E-state index contributed by atoms with van der Waals surface area (Å²) in [7, 11) is 0. The van der Waals surface area contributed by atoms with E-state index in [1.54, 1.807) is 6.07 Å². The number of hydrogen-bond acceptors (Lipinski definition) is 3. The Morgan fingerprint density at radius 3 is 2.46 bits per heavy atom. The van der Waals surface area contributed by atoms with Crippen LogP contribution in [0.15, 0.2) is 42.5 Å². The van der Waals surface area contributed by atoms with Gasteiger partial charge in [-0.15, -0.1) is 0 Å². The second-order valence-electron chi connectivity index (χ2n) is 5.50. The van der Waals surface area contributed by atoms with Gasteiger partial charge in [-0.05, 0) is 55.7 Å². The number of benzene rings is 2. The Kier molecular flexibility index (Phi) is 6.82. The molecule has 0 saturated heterocycles. The van der Waals surface area contributed by atoms with Gasteiger partial charge in [0.05, 0.1) is 13.2 Å². The molecule has 2 aromatic rings. The average Bonchev–Trinajstić information content (AvgIpc) is 2.60. The first-order valence-electron chi connectivity index (χ1n) is 8.31. The van der Waals surface area contributed by atoms with Crippen LogP contribution in [-0.4, -0.2) is 19.1 Å². The van der Waals surface area contributed by atoms with Crippen molar-refractivity contribution in [1.82, 2.24) is 5.32 Å². The monoisotopic (exact) mass is 327 g/mol. The molecule has 2 rings (SSSR count). The van der Waals surface area contributed by atoms with Gasteiger partial charge in [-0.3, -0.25) is 4.79 Å². The third-order valence-electron chi connectivity index (χ3n) is 3.76. The molecule has 0 aliphatic rings. The summed E-state index contributed by atoms with van der Waals surface area (Å²) in [6.07, 6.45) is 0. The first-order valence-corrected chi connectivity index (χ1v) is 8.31. The van der Waals surface area contributed by atoms with Gasteiger partial charge in [-0.1, -0.05) is 24.3 Å². The molecule has 0 radical (unpaired) electrons. The Balaban J connectivity index is 2.02. The summed E-state index contributed by atoms with van der Waals surface area (Å²) in [6.45, 7) is 8.19. The van der Waals surface area contributed by atoms with E-state index in [4.69, 9.17) is 9.47 Å². The first-order chi connectivity index (χ1) is 11.7. The van der Waals surface area contributed by atoms with E-state index < -0.39 is 0 Å². The molecule has 2 aromatic carbocycles. The molecule has 0 spiro atoms. The van der Waals surface area contributed by atoms with Crippen molar-refractivity contribution in [3.05, 3.63) is 64.7 Å². The summed E-state index contributed by atoms with van der Waals surface area (Å²) in [5.41, 5.74) is 3.77. The number of carbonyl (C=O) groups is 1. The van der Waals surface area contributed by atoms with Crippen molar-refractivity contribution in [3.8, 4) is 5.75 Å². The van der Waals surface area contributed by atoms with Crippen LogP contribution < -0.4 is 10.1 Å². The van der Waals surface area contributed by atoms with Gasteiger partial charge >= 0.3 is 0 Å². The van der Waals surface area contributed by atoms with E-state index in [2.05, 4.69) is 5.32 Å². The molecule has 0 aromatic heterocycles. The van der Waals surface area contributed by atoms with Crippen LogP contribution in [0.2, 0.25) is 0 Å². The number of aryl methyl sites for hydroxylation is 1. The summed E-state index contributed by atoms with van der Waals surface area (Å²) >= 11 is 0. The zero-order valence-corrected chi connectivity index (χ0v) is 14.6. The molecule has 0 atom stereocenters. The van der Waals surface area contributed by atoms with Crippen molar-refractivity contribution in [2.24, 2.45) is 0 Å². The number of ether oxygens (including phenoxy) is 2. The van der Waals surface area contributed by atoms with Gasteiger partial charge in [0.25, 0.3) is 5.91 Å². The molecule has 0 heterocycles. The zero-order valence-electron chi connectivity index (χ0n) is 14.6. The molecule has 0 bridgehead atoms. The lowest BCUT2D eigenvalue weighted by Gasteiger charge is -2.12. The minimum atomic E-state index is -0.0904. The highest BCUT2D eigenvalue weighted by Crippen LogP contribution is 2.19. The van der Waals surface area contributed by atoms with E-state index in [9.17, 15) is 4.79 Å². The van der Waals surface area contributed by atoms with Gasteiger partial charge in [0.15, 0.2) is 0 Å². The lowest BCUT2D eigenvalue weighted by molar-refractivity contribution is 0.0949. The maximum absolute atomic E-state index is 12.4. The van der Waals surface area contributed by atoms with Gasteiger partial charge in [-0.25, -0.2) is 0 Å².